The topological polar surface area (TPSA) is 15.3 Å². The smallest absolute Gasteiger partial charge is 0.0123 e. The maximum atomic E-state index is 4.03. The third kappa shape index (κ3) is 3.24. The van der Waals surface area contributed by atoms with Gasteiger partial charge in [-0.25, -0.2) is 0 Å². The molecule has 82 valence electrons. The van der Waals surface area contributed by atoms with Crippen molar-refractivity contribution in [3.8, 4) is 0 Å². The van der Waals surface area contributed by atoms with E-state index in [9.17, 15) is 0 Å². The van der Waals surface area contributed by atoms with Crippen molar-refractivity contribution in [3.05, 3.63) is 35.9 Å². The quantitative estimate of drug-likeness (QED) is 0.708. The average Bonchev–Trinajstić information content (AvgIpc) is 2.12. The van der Waals surface area contributed by atoms with Crippen LogP contribution >= 0.6 is 10.4 Å². The fourth-order valence-corrected chi connectivity index (χ4v) is 2.43. The molecule has 0 saturated carbocycles. The summed E-state index contributed by atoms with van der Waals surface area (Å²) in [6.45, 7) is 11.9. The molecule has 0 aromatic carbocycles. The predicted molar refractivity (Wildman–Crippen MR) is 69.1 cm³/mol. The Bertz CT molecular complexity index is 252. The summed E-state index contributed by atoms with van der Waals surface area (Å²) in [5, 5.41) is 0. The van der Waals surface area contributed by atoms with Crippen LogP contribution in [0.15, 0.2) is 35.9 Å². The van der Waals surface area contributed by atoms with Gasteiger partial charge in [0, 0.05) is 11.1 Å². The fraction of sp³-hybridized carbons (Fsp3) is 0.455. The van der Waals surface area contributed by atoms with Crippen molar-refractivity contribution < 1.29 is 0 Å². The van der Waals surface area contributed by atoms with Crippen LogP contribution in [-0.4, -0.2) is 24.7 Å². The number of allylic oxidation sites excluding steroid dienone is 2. The molecule has 0 bridgehead atoms. The molecule has 2 nitrogen and oxygen atoms in total. The van der Waals surface area contributed by atoms with Crippen LogP contribution in [0.3, 0.4) is 0 Å². The van der Waals surface area contributed by atoms with E-state index in [1.165, 1.54) is 5.57 Å². The molecule has 14 heavy (non-hydrogen) atoms. The molecule has 0 fully saturated rings. The number of rotatable bonds is 5. The molecule has 0 radical (unpaired) electrons. The summed E-state index contributed by atoms with van der Waals surface area (Å²) in [7, 11) is 2.92. The van der Waals surface area contributed by atoms with Gasteiger partial charge >= 0.3 is 0 Å². The summed E-state index contributed by atoms with van der Waals surface area (Å²) in [6, 6.07) is 0. The second-order valence-electron chi connectivity index (χ2n) is 3.70. The molecule has 1 N–H and O–H groups in total. The minimum atomic E-state index is -1.19. The Morgan fingerprint density at radius 3 is 2.14 bits per heavy atom. The Morgan fingerprint density at radius 1 is 1.36 bits per heavy atom. The van der Waals surface area contributed by atoms with Crippen LogP contribution in [0.4, 0.5) is 0 Å². The van der Waals surface area contributed by atoms with Gasteiger partial charge in [-0.15, -0.1) is 0 Å². The van der Waals surface area contributed by atoms with Crippen LogP contribution in [0.2, 0.25) is 0 Å². The molecule has 0 aliphatic carbocycles. The Labute approximate surface area is 90.0 Å². The van der Waals surface area contributed by atoms with Crippen LogP contribution in [-0.2, 0) is 0 Å². The van der Waals surface area contributed by atoms with Gasteiger partial charge in [-0.1, -0.05) is 35.2 Å². The molecule has 3 heteroatoms. The number of hydrogen-bond acceptors (Lipinski definition) is 2. The van der Waals surface area contributed by atoms with E-state index in [1.54, 1.807) is 0 Å². The molecule has 0 aliphatic rings. The largest absolute Gasteiger partial charge is 0.339 e. The summed E-state index contributed by atoms with van der Waals surface area (Å²) >= 11 is 0. The van der Waals surface area contributed by atoms with Gasteiger partial charge in [-0.3, -0.25) is 4.31 Å². The summed E-state index contributed by atoms with van der Waals surface area (Å²) < 4.78 is 5.59. The third-order valence-corrected chi connectivity index (χ3v) is 5.27. The first-order valence-corrected chi connectivity index (χ1v) is 6.52. The van der Waals surface area contributed by atoms with Gasteiger partial charge in [0.25, 0.3) is 0 Å². The highest BCUT2D eigenvalue weighted by Crippen LogP contribution is 2.49. The van der Waals surface area contributed by atoms with Crippen molar-refractivity contribution in [2.45, 2.75) is 13.8 Å². The molecule has 0 aromatic heterocycles. The predicted octanol–water partition coefficient (Wildman–Crippen LogP) is 3.03. The fourth-order valence-electron chi connectivity index (χ4n) is 0.810. The minimum Gasteiger partial charge on any atom is -0.339 e. The Hall–Kier alpha value is -0.670. The van der Waals surface area contributed by atoms with Gasteiger partial charge in [0.15, 0.2) is 0 Å². The van der Waals surface area contributed by atoms with E-state index in [2.05, 4.69) is 56.4 Å². The molecule has 0 heterocycles. The molecular weight excluding hydrogens is 192 g/mol. The van der Waals surface area contributed by atoms with Crippen molar-refractivity contribution in [1.29, 1.82) is 0 Å². The van der Waals surface area contributed by atoms with Crippen LogP contribution in [0.1, 0.15) is 13.8 Å². The zero-order chi connectivity index (χ0) is 11.4. The molecular formula is C11H22N2S. The van der Waals surface area contributed by atoms with Gasteiger partial charge in [-0.05, 0) is 34.2 Å². The number of nitrogens with one attached hydrogen (secondary N) is 1. The highest BCUT2D eigenvalue weighted by atomic mass is 32.3. The van der Waals surface area contributed by atoms with E-state index >= 15 is 0 Å². The van der Waals surface area contributed by atoms with E-state index in [0.717, 1.165) is 4.91 Å². The van der Waals surface area contributed by atoms with Gasteiger partial charge < -0.3 is 4.72 Å². The number of nitrogens with zero attached hydrogens (tertiary/aromatic N) is 1. The molecule has 1 atom stereocenters. The first-order valence-electron chi connectivity index (χ1n) is 4.52. The minimum absolute atomic E-state index is 1.04. The van der Waals surface area contributed by atoms with Crippen LogP contribution in [0.5, 0.6) is 0 Å². The van der Waals surface area contributed by atoms with Gasteiger partial charge in [0.2, 0.25) is 0 Å². The standard InChI is InChI=1S/C11H22N2S/c1-8-11(4)14(7,13(5)6)12-9-10(2)3/h8-9,12H,1,4H2,2-3,5-7H3. The lowest BCUT2D eigenvalue weighted by molar-refractivity contribution is 0.679. The molecule has 0 rings (SSSR count). The SMILES string of the molecule is C=CC(=C)S(C)(NC=C(C)C)N(C)C. The van der Waals surface area contributed by atoms with E-state index in [4.69, 9.17) is 0 Å². The van der Waals surface area contributed by atoms with Gasteiger partial charge in [0.05, 0.1) is 0 Å². The van der Waals surface area contributed by atoms with E-state index < -0.39 is 10.4 Å². The third-order valence-electron chi connectivity index (χ3n) is 2.05. The first-order chi connectivity index (χ1) is 6.34. The summed E-state index contributed by atoms with van der Waals surface area (Å²) in [5.74, 6) is 0. The Kier molecular flexibility index (Phi) is 5.02. The van der Waals surface area contributed by atoms with Crippen molar-refractivity contribution in [2.24, 2.45) is 0 Å². The molecule has 0 spiro atoms. The van der Waals surface area contributed by atoms with Gasteiger partial charge in [0.1, 0.15) is 0 Å². The zero-order valence-electron chi connectivity index (χ0n) is 9.92. The van der Waals surface area contributed by atoms with Crippen LogP contribution < -0.4 is 4.72 Å². The van der Waals surface area contributed by atoms with E-state index in [0.29, 0.717) is 0 Å². The lowest BCUT2D eigenvalue weighted by atomic mass is 10.4. The van der Waals surface area contributed by atoms with Gasteiger partial charge in [-0.2, -0.15) is 0 Å². The lowest BCUT2D eigenvalue weighted by Gasteiger charge is -2.43. The highest BCUT2D eigenvalue weighted by molar-refractivity contribution is 8.33. The van der Waals surface area contributed by atoms with Crippen LogP contribution in [0, 0.1) is 0 Å². The van der Waals surface area contributed by atoms with Crippen molar-refractivity contribution in [2.75, 3.05) is 20.4 Å². The average molecular weight is 214 g/mol. The maximum absolute atomic E-state index is 4.03. The van der Waals surface area contributed by atoms with Crippen molar-refractivity contribution in [3.63, 3.8) is 0 Å². The monoisotopic (exact) mass is 214 g/mol. The molecule has 0 aliphatic heterocycles. The lowest BCUT2D eigenvalue weighted by Crippen LogP contribution is -2.29. The second kappa shape index (κ2) is 5.27. The first kappa shape index (κ1) is 13.3. The molecule has 0 saturated heterocycles. The zero-order valence-corrected chi connectivity index (χ0v) is 10.7. The van der Waals surface area contributed by atoms with E-state index in [1.807, 2.05) is 12.3 Å². The van der Waals surface area contributed by atoms with E-state index in [-0.39, 0.29) is 0 Å². The molecule has 1 unspecified atom stereocenters. The Balaban J connectivity index is 4.82. The summed E-state index contributed by atoms with van der Waals surface area (Å²) in [6.07, 6.45) is 6.02. The molecule has 0 amide bonds. The highest BCUT2D eigenvalue weighted by Gasteiger charge is 2.20. The molecule has 0 aromatic rings. The summed E-state index contributed by atoms with van der Waals surface area (Å²) in [5.41, 5.74) is 1.25. The van der Waals surface area contributed by atoms with Crippen molar-refractivity contribution in [1.82, 2.24) is 9.03 Å². The maximum Gasteiger partial charge on any atom is 0.0123 e. The van der Waals surface area contributed by atoms with Crippen LogP contribution in [0.25, 0.3) is 0 Å². The normalized spacial score (nSPS) is 16.7. The summed E-state index contributed by atoms with van der Waals surface area (Å²) in [4.78, 5) is 1.04. The second-order valence-corrected chi connectivity index (χ2v) is 6.94. The van der Waals surface area contributed by atoms with Crippen molar-refractivity contribution >= 4 is 10.4 Å². The number of hydrogen-bond donors (Lipinski definition) is 1. The Morgan fingerprint density at radius 2 is 1.86 bits per heavy atom.